The van der Waals surface area contributed by atoms with Crippen molar-refractivity contribution < 1.29 is 17.6 Å². The molecule has 156 valence electrons. The highest BCUT2D eigenvalue weighted by Gasteiger charge is 2.21. The van der Waals surface area contributed by atoms with Crippen LogP contribution in [0.15, 0.2) is 53.6 Å². The van der Waals surface area contributed by atoms with E-state index in [2.05, 4.69) is 15.3 Å². The summed E-state index contributed by atoms with van der Waals surface area (Å²) in [6.45, 7) is 1.55. The van der Waals surface area contributed by atoms with E-state index in [0.717, 1.165) is 6.07 Å². The van der Waals surface area contributed by atoms with Gasteiger partial charge >= 0.3 is 0 Å². The van der Waals surface area contributed by atoms with Crippen LogP contribution in [0.4, 0.5) is 10.1 Å². The summed E-state index contributed by atoms with van der Waals surface area (Å²) >= 11 is 11.9. The van der Waals surface area contributed by atoms with Gasteiger partial charge in [0.1, 0.15) is 5.82 Å². The smallest absolute Gasteiger partial charge is 0.259 e. The van der Waals surface area contributed by atoms with E-state index in [1.54, 1.807) is 25.1 Å². The molecule has 10 heteroatoms. The van der Waals surface area contributed by atoms with Crippen LogP contribution in [-0.4, -0.2) is 30.0 Å². The quantitative estimate of drug-likeness (QED) is 0.536. The van der Waals surface area contributed by atoms with E-state index in [9.17, 15) is 17.6 Å². The van der Waals surface area contributed by atoms with Crippen molar-refractivity contribution in [2.75, 3.05) is 11.1 Å². The van der Waals surface area contributed by atoms with Gasteiger partial charge in [0.25, 0.3) is 5.91 Å². The van der Waals surface area contributed by atoms with Crippen molar-refractivity contribution in [1.82, 2.24) is 9.97 Å². The van der Waals surface area contributed by atoms with Crippen LogP contribution in [0.25, 0.3) is 0 Å². The van der Waals surface area contributed by atoms with Gasteiger partial charge in [-0.05, 0) is 35.4 Å². The van der Waals surface area contributed by atoms with Gasteiger partial charge in [-0.2, -0.15) is 0 Å². The van der Waals surface area contributed by atoms with Crippen LogP contribution in [0.5, 0.6) is 0 Å². The van der Waals surface area contributed by atoms with Crippen molar-refractivity contribution in [1.29, 1.82) is 0 Å². The Morgan fingerprint density at radius 1 is 1.13 bits per heavy atom. The van der Waals surface area contributed by atoms with Crippen molar-refractivity contribution in [3.63, 3.8) is 0 Å². The van der Waals surface area contributed by atoms with Crippen molar-refractivity contribution in [2.24, 2.45) is 0 Å². The summed E-state index contributed by atoms with van der Waals surface area (Å²) < 4.78 is 38.9. The number of sulfone groups is 1. The molecule has 3 aromatic rings. The number of aromatic nitrogens is 2. The summed E-state index contributed by atoms with van der Waals surface area (Å²) in [5.74, 6) is -1.48. The maximum Gasteiger partial charge on any atom is 0.259 e. The molecular weight excluding hydrogens is 452 g/mol. The molecule has 3 rings (SSSR count). The van der Waals surface area contributed by atoms with Gasteiger partial charge < -0.3 is 5.32 Å². The molecule has 0 saturated carbocycles. The molecule has 0 aliphatic rings. The second-order valence-corrected chi connectivity index (χ2v) is 9.23. The molecule has 0 aliphatic carbocycles. The molecule has 30 heavy (non-hydrogen) atoms. The number of rotatable bonds is 6. The SMILES string of the molecule is CCS(=O)(=O)c1ccccc1Cc1nc(Cl)ncc1C(=O)Nc1c(F)cccc1Cl. The molecule has 0 fully saturated rings. The second-order valence-electron chi connectivity index (χ2n) is 6.24. The number of carbonyl (C=O) groups is 1. The van der Waals surface area contributed by atoms with E-state index in [1.807, 2.05) is 0 Å². The van der Waals surface area contributed by atoms with E-state index < -0.39 is 21.6 Å². The Labute approximate surface area is 183 Å². The maximum atomic E-state index is 14.0. The number of hydrogen-bond donors (Lipinski definition) is 1. The normalized spacial score (nSPS) is 11.3. The van der Waals surface area contributed by atoms with Crippen molar-refractivity contribution in [3.05, 3.63) is 81.6 Å². The molecule has 2 aromatic carbocycles. The largest absolute Gasteiger partial charge is 0.318 e. The number of amides is 1. The van der Waals surface area contributed by atoms with Crippen molar-refractivity contribution in [2.45, 2.75) is 18.2 Å². The fourth-order valence-corrected chi connectivity index (χ4v) is 4.30. The van der Waals surface area contributed by atoms with Crippen molar-refractivity contribution in [3.8, 4) is 0 Å². The van der Waals surface area contributed by atoms with Crippen LogP contribution in [0.1, 0.15) is 28.5 Å². The third-order valence-electron chi connectivity index (χ3n) is 4.33. The lowest BCUT2D eigenvalue weighted by molar-refractivity contribution is 0.102. The topological polar surface area (TPSA) is 89.0 Å². The summed E-state index contributed by atoms with van der Waals surface area (Å²) in [4.78, 5) is 20.9. The van der Waals surface area contributed by atoms with Crippen LogP contribution in [0.3, 0.4) is 0 Å². The molecule has 0 unspecified atom stereocenters. The summed E-state index contributed by atoms with van der Waals surface area (Å²) in [6, 6.07) is 10.4. The lowest BCUT2D eigenvalue weighted by Crippen LogP contribution is -2.18. The summed E-state index contributed by atoms with van der Waals surface area (Å²) in [5.41, 5.74) is 0.479. The second kappa shape index (κ2) is 9.07. The molecule has 1 N–H and O–H groups in total. The number of carbonyl (C=O) groups excluding carboxylic acids is 1. The molecule has 0 aliphatic heterocycles. The predicted octanol–water partition coefficient (Wildman–Crippen LogP) is 4.56. The van der Waals surface area contributed by atoms with Gasteiger partial charge in [-0.25, -0.2) is 22.8 Å². The maximum absolute atomic E-state index is 14.0. The first-order chi connectivity index (χ1) is 14.2. The monoisotopic (exact) mass is 467 g/mol. The first-order valence-electron chi connectivity index (χ1n) is 8.80. The van der Waals surface area contributed by atoms with Gasteiger partial charge in [0.05, 0.1) is 32.6 Å². The Hall–Kier alpha value is -2.55. The highest BCUT2D eigenvalue weighted by atomic mass is 35.5. The fraction of sp³-hybridized carbons (Fsp3) is 0.150. The van der Waals surface area contributed by atoms with Gasteiger partial charge in [0, 0.05) is 12.6 Å². The van der Waals surface area contributed by atoms with Gasteiger partial charge in [0.2, 0.25) is 5.28 Å². The predicted molar refractivity (Wildman–Crippen MR) is 113 cm³/mol. The van der Waals surface area contributed by atoms with Gasteiger partial charge in [0.15, 0.2) is 9.84 Å². The summed E-state index contributed by atoms with van der Waals surface area (Å²) in [6.07, 6.45) is 1.21. The average molecular weight is 468 g/mol. The highest BCUT2D eigenvalue weighted by molar-refractivity contribution is 7.91. The van der Waals surface area contributed by atoms with Gasteiger partial charge in [-0.1, -0.05) is 42.8 Å². The van der Waals surface area contributed by atoms with Gasteiger partial charge in [-0.3, -0.25) is 4.79 Å². The lowest BCUT2D eigenvalue weighted by Gasteiger charge is -2.13. The molecule has 0 spiro atoms. The number of hydrogen-bond acceptors (Lipinski definition) is 5. The van der Waals surface area contributed by atoms with Crippen LogP contribution < -0.4 is 5.32 Å². The minimum absolute atomic E-state index is 0.00536. The molecule has 6 nitrogen and oxygen atoms in total. The van der Waals surface area contributed by atoms with Crippen molar-refractivity contribution >= 4 is 44.6 Å². The molecule has 0 radical (unpaired) electrons. The summed E-state index contributed by atoms with van der Waals surface area (Å²) in [5, 5.41) is 2.33. The first-order valence-corrected chi connectivity index (χ1v) is 11.2. The number of nitrogens with zero attached hydrogens (tertiary/aromatic N) is 2. The van der Waals surface area contributed by atoms with Crippen LogP contribution >= 0.6 is 23.2 Å². The zero-order valence-electron chi connectivity index (χ0n) is 15.7. The average Bonchev–Trinajstić information content (AvgIpc) is 2.71. The molecule has 0 bridgehead atoms. The number of nitrogens with one attached hydrogen (secondary N) is 1. The molecule has 1 heterocycles. The third-order valence-corrected chi connectivity index (χ3v) is 6.66. The molecular formula is C20H16Cl2FN3O3S. The standard InChI is InChI=1S/C20H16Cl2FN3O3S/c1-2-30(28,29)17-9-4-3-6-12(17)10-16-13(11-24-20(22)25-16)19(27)26-18-14(21)7-5-8-15(18)23/h3-9,11H,2,10H2,1H3,(H,26,27). The van der Waals surface area contributed by atoms with Crippen LogP contribution in [0.2, 0.25) is 10.3 Å². The Balaban J connectivity index is 2.01. The Bertz CT molecular complexity index is 1200. The zero-order valence-corrected chi connectivity index (χ0v) is 18.0. The van der Waals surface area contributed by atoms with E-state index >= 15 is 0 Å². The van der Waals surface area contributed by atoms with E-state index in [0.29, 0.717) is 5.56 Å². The first kappa shape index (κ1) is 22.1. The molecule has 0 saturated heterocycles. The van der Waals surface area contributed by atoms with E-state index in [-0.39, 0.29) is 44.3 Å². The summed E-state index contributed by atoms with van der Waals surface area (Å²) in [7, 11) is -3.50. The number of halogens is 3. The van der Waals surface area contributed by atoms with Crippen LogP contribution in [-0.2, 0) is 16.3 Å². The van der Waals surface area contributed by atoms with Gasteiger partial charge in [-0.15, -0.1) is 0 Å². The molecule has 0 atom stereocenters. The number of anilines is 1. The third kappa shape index (κ3) is 4.77. The number of benzene rings is 2. The highest BCUT2D eigenvalue weighted by Crippen LogP contribution is 2.26. The minimum atomic E-state index is -3.50. The van der Waals surface area contributed by atoms with E-state index in [4.69, 9.17) is 23.2 Å². The van der Waals surface area contributed by atoms with E-state index in [1.165, 1.54) is 24.4 Å². The molecule has 1 aromatic heterocycles. The zero-order chi connectivity index (χ0) is 21.9. The number of para-hydroxylation sites is 1. The lowest BCUT2D eigenvalue weighted by atomic mass is 10.1. The molecule has 1 amide bonds. The minimum Gasteiger partial charge on any atom is -0.318 e. The Morgan fingerprint density at radius 2 is 1.87 bits per heavy atom. The van der Waals surface area contributed by atoms with Crippen LogP contribution in [0, 0.1) is 5.82 Å². The Morgan fingerprint density at radius 3 is 2.57 bits per heavy atom. The fourth-order valence-electron chi connectivity index (χ4n) is 2.80. The Kier molecular flexibility index (Phi) is 6.70.